The number of benzene rings is 1. The fourth-order valence-corrected chi connectivity index (χ4v) is 4.49. The summed E-state index contributed by atoms with van der Waals surface area (Å²) in [6, 6.07) is 3.44. The summed E-state index contributed by atoms with van der Waals surface area (Å²) in [6.07, 6.45) is 0.778. The highest BCUT2D eigenvalue weighted by Crippen LogP contribution is 2.30. The summed E-state index contributed by atoms with van der Waals surface area (Å²) < 4.78 is 27.5. The van der Waals surface area contributed by atoms with E-state index >= 15 is 0 Å². The number of hydrogen-bond acceptors (Lipinski definition) is 2. The van der Waals surface area contributed by atoms with Crippen molar-refractivity contribution in [2.75, 3.05) is 18.9 Å². The minimum atomic E-state index is -3.45. The van der Waals surface area contributed by atoms with Crippen LogP contribution in [-0.2, 0) is 10.0 Å². The van der Waals surface area contributed by atoms with Crippen LogP contribution in [0.4, 0.5) is 0 Å². The van der Waals surface area contributed by atoms with Gasteiger partial charge in [0.05, 0.1) is 4.90 Å². The van der Waals surface area contributed by atoms with Crippen molar-refractivity contribution in [2.24, 2.45) is 0 Å². The summed E-state index contributed by atoms with van der Waals surface area (Å²) in [4.78, 5) is 0.289. The lowest BCUT2D eigenvalue weighted by Crippen LogP contribution is -2.28. The Bertz CT molecular complexity index is 531. The minimum absolute atomic E-state index is 0.289. The number of halogens is 3. The molecule has 0 spiro atoms. The van der Waals surface area contributed by atoms with Gasteiger partial charge < -0.3 is 0 Å². The molecule has 0 radical (unpaired) electrons. The Balaban J connectivity index is 3.16. The third-order valence-electron chi connectivity index (χ3n) is 2.51. The highest BCUT2D eigenvalue weighted by molar-refractivity contribution is 9.11. The van der Waals surface area contributed by atoms with Gasteiger partial charge in [0.25, 0.3) is 0 Å². The molecule has 0 bridgehead atoms. The Morgan fingerprint density at radius 3 is 2.39 bits per heavy atom. The van der Waals surface area contributed by atoms with Gasteiger partial charge in [0.2, 0.25) is 10.0 Å². The molecule has 1 aromatic carbocycles. The summed E-state index contributed by atoms with van der Waals surface area (Å²) >= 11 is 9.98. The summed E-state index contributed by atoms with van der Waals surface area (Å²) in [6.45, 7) is 2.41. The van der Waals surface area contributed by atoms with Crippen LogP contribution in [0.1, 0.15) is 12.0 Å². The molecule has 3 nitrogen and oxygen atoms in total. The first kappa shape index (κ1) is 16.6. The third kappa shape index (κ3) is 3.79. The highest BCUT2D eigenvalue weighted by Gasteiger charge is 2.23. The van der Waals surface area contributed by atoms with Crippen molar-refractivity contribution in [3.05, 3.63) is 26.6 Å². The van der Waals surface area contributed by atoms with Gasteiger partial charge in [-0.3, -0.25) is 0 Å². The maximum absolute atomic E-state index is 12.4. The monoisotopic (exact) mass is 461 g/mol. The number of hydrogen-bond donors (Lipinski definition) is 0. The van der Waals surface area contributed by atoms with E-state index in [-0.39, 0.29) is 4.90 Å². The van der Waals surface area contributed by atoms with Gasteiger partial charge in [-0.25, -0.2) is 12.7 Å². The molecule has 0 aliphatic heterocycles. The number of rotatable bonds is 5. The van der Waals surface area contributed by atoms with Gasteiger partial charge in [-0.1, -0.05) is 31.9 Å². The van der Waals surface area contributed by atoms with Crippen molar-refractivity contribution < 1.29 is 8.42 Å². The van der Waals surface area contributed by atoms with E-state index in [4.69, 9.17) is 0 Å². The first-order chi connectivity index (χ1) is 8.30. The summed E-state index contributed by atoms with van der Waals surface area (Å²) in [5, 5.41) is 0.783. The molecule has 1 aromatic rings. The van der Waals surface area contributed by atoms with Crippen LogP contribution in [0.3, 0.4) is 0 Å². The van der Waals surface area contributed by atoms with Gasteiger partial charge in [-0.15, -0.1) is 0 Å². The smallest absolute Gasteiger partial charge is 0.207 e. The molecule has 0 saturated heterocycles. The fraction of sp³-hybridized carbons (Fsp3) is 0.455. The van der Waals surface area contributed by atoms with Gasteiger partial charge >= 0.3 is 0 Å². The molecule has 0 N–H and O–H groups in total. The molecule has 0 aliphatic rings. The van der Waals surface area contributed by atoms with Crippen molar-refractivity contribution in [2.45, 2.75) is 18.2 Å². The molecule has 0 unspecified atom stereocenters. The van der Waals surface area contributed by atoms with Crippen LogP contribution in [-0.4, -0.2) is 31.6 Å². The predicted octanol–water partition coefficient (Wildman–Crippen LogP) is 3.93. The van der Waals surface area contributed by atoms with Crippen LogP contribution in [0.2, 0.25) is 0 Å². The normalized spacial score (nSPS) is 12.1. The zero-order chi connectivity index (χ0) is 13.9. The number of nitrogens with zero attached hydrogens (tertiary/aromatic N) is 1. The van der Waals surface area contributed by atoms with Gasteiger partial charge in [0.1, 0.15) is 0 Å². The van der Waals surface area contributed by atoms with E-state index in [1.165, 1.54) is 4.31 Å². The molecule has 1 rings (SSSR count). The SMILES string of the molecule is Cc1cc(Br)c(S(=O)(=O)N(C)CCCBr)cc1Br. The third-order valence-corrected chi connectivity index (χ3v) is 6.74. The molecule has 0 fully saturated rings. The van der Waals surface area contributed by atoms with Crippen LogP contribution < -0.4 is 0 Å². The minimum Gasteiger partial charge on any atom is -0.207 e. The van der Waals surface area contributed by atoms with Crippen molar-refractivity contribution in [3.63, 3.8) is 0 Å². The Labute approximate surface area is 133 Å². The van der Waals surface area contributed by atoms with E-state index in [1.807, 2.05) is 6.92 Å². The molecule has 0 aromatic heterocycles. The standard InChI is InChI=1S/C11H14Br3NO2S/c1-8-6-10(14)11(7-9(8)13)18(16,17)15(2)5-3-4-12/h6-7H,3-5H2,1-2H3. The average molecular weight is 464 g/mol. The molecular formula is C11H14Br3NO2S. The van der Waals surface area contributed by atoms with Gasteiger partial charge in [0.15, 0.2) is 0 Å². The van der Waals surface area contributed by atoms with E-state index in [1.54, 1.807) is 19.2 Å². The molecule has 0 saturated carbocycles. The first-order valence-electron chi connectivity index (χ1n) is 5.28. The van der Waals surface area contributed by atoms with Crippen LogP contribution in [0.25, 0.3) is 0 Å². The van der Waals surface area contributed by atoms with E-state index < -0.39 is 10.0 Å². The quantitative estimate of drug-likeness (QED) is 0.620. The second-order valence-corrected chi connectivity index (χ2v) is 8.42. The van der Waals surface area contributed by atoms with Crippen molar-refractivity contribution in [3.8, 4) is 0 Å². The molecule has 0 amide bonds. The Hall–Kier alpha value is 0.570. The van der Waals surface area contributed by atoms with Crippen LogP contribution in [0, 0.1) is 6.92 Å². The van der Waals surface area contributed by atoms with Gasteiger partial charge in [0, 0.05) is 27.9 Å². The van der Waals surface area contributed by atoms with Crippen molar-refractivity contribution >= 4 is 57.8 Å². The number of sulfonamides is 1. The van der Waals surface area contributed by atoms with Crippen LogP contribution >= 0.6 is 47.8 Å². The molecule has 0 heterocycles. The largest absolute Gasteiger partial charge is 0.243 e. The zero-order valence-electron chi connectivity index (χ0n) is 10.1. The van der Waals surface area contributed by atoms with E-state index in [9.17, 15) is 8.42 Å². The maximum Gasteiger partial charge on any atom is 0.243 e. The second kappa shape index (κ2) is 6.83. The van der Waals surface area contributed by atoms with Crippen molar-refractivity contribution in [1.82, 2.24) is 4.31 Å². The molecule has 0 atom stereocenters. The molecule has 7 heteroatoms. The van der Waals surface area contributed by atoms with Crippen LogP contribution in [0.5, 0.6) is 0 Å². The number of alkyl halides is 1. The van der Waals surface area contributed by atoms with Crippen LogP contribution in [0.15, 0.2) is 26.0 Å². The lowest BCUT2D eigenvalue weighted by Gasteiger charge is -2.18. The van der Waals surface area contributed by atoms with E-state index in [2.05, 4.69) is 47.8 Å². The first-order valence-corrected chi connectivity index (χ1v) is 9.43. The average Bonchev–Trinajstić information content (AvgIpc) is 2.30. The van der Waals surface area contributed by atoms with Gasteiger partial charge in [-0.2, -0.15) is 0 Å². The Morgan fingerprint density at radius 2 is 1.83 bits per heavy atom. The molecule has 0 aliphatic carbocycles. The molecule has 102 valence electrons. The fourth-order valence-electron chi connectivity index (χ4n) is 1.40. The summed E-state index contributed by atoms with van der Waals surface area (Å²) in [5.41, 5.74) is 0.990. The highest BCUT2D eigenvalue weighted by atomic mass is 79.9. The Morgan fingerprint density at radius 1 is 1.22 bits per heavy atom. The second-order valence-electron chi connectivity index (χ2n) is 3.90. The predicted molar refractivity (Wildman–Crippen MR) is 84.8 cm³/mol. The summed E-state index contributed by atoms with van der Waals surface area (Å²) in [7, 11) is -1.85. The maximum atomic E-state index is 12.4. The Kier molecular flexibility index (Phi) is 6.31. The lowest BCUT2D eigenvalue weighted by molar-refractivity contribution is 0.469. The lowest BCUT2D eigenvalue weighted by atomic mass is 10.2. The topological polar surface area (TPSA) is 37.4 Å². The molecular weight excluding hydrogens is 450 g/mol. The number of aryl methyl sites for hydroxylation is 1. The summed E-state index contributed by atoms with van der Waals surface area (Å²) in [5.74, 6) is 0. The van der Waals surface area contributed by atoms with Gasteiger partial charge in [-0.05, 0) is 47.0 Å². The van der Waals surface area contributed by atoms with E-state index in [0.717, 1.165) is 21.8 Å². The zero-order valence-corrected chi connectivity index (χ0v) is 15.7. The van der Waals surface area contributed by atoms with E-state index in [0.29, 0.717) is 11.0 Å². The molecule has 18 heavy (non-hydrogen) atoms. The van der Waals surface area contributed by atoms with Crippen molar-refractivity contribution in [1.29, 1.82) is 0 Å².